The summed E-state index contributed by atoms with van der Waals surface area (Å²) in [7, 11) is 1.99. The molecule has 2 atom stereocenters. The van der Waals surface area contributed by atoms with E-state index in [2.05, 4.69) is 16.4 Å². The summed E-state index contributed by atoms with van der Waals surface area (Å²) in [5, 5.41) is 3.32. The van der Waals surface area contributed by atoms with Crippen molar-refractivity contribution in [1.29, 1.82) is 0 Å². The second kappa shape index (κ2) is 5.97. The summed E-state index contributed by atoms with van der Waals surface area (Å²) in [6.07, 6.45) is 6.99. The van der Waals surface area contributed by atoms with Crippen LogP contribution in [0.15, 0.2) is 24.4 Å². The van der Waals surface area contributed by atoms with Gasteiger partial charge in [0.05, 0.1) is 11.8 Å². The van der Waals surface area contributed by atoms with Crippen LogP contribution in [0.2, 0.25) is 0 Å². The molecule has 3 nitrogen and oxygen atoms in total. The lowest BCUT2D eigenvalue weighted by Crippen LogP contribution is -2.19. The Hall–Kier alpha value is -0.930. The first-order chi connectivity index (χ1) is 7.90. The molecule has 0 radical (unpaired) electrons. The molecule has 1 fully saturated rings. The minimum absolute atomic E-state index is 0.352. The molecular weight excluding hydrogens is 200 g/mol. The van der Waals surface area contributed by atoms with Gasteiger partial charge in [-0.05, 0) is 44.9 Å². The molecule has 0 saturated carbocycles. The van der Waals surface area contributed by atoms with Crippen LogP contribution >= 0.6 is 0 Å². The van der Waals surface area contributed by atoms with Crippen LogP contribution in [-0.4, -0.2) is 24.7 Å². The van der Waals surface area contributed by atoms with Gasteiger partial charge in [0, 0.05) is 18.8 Å². The van der Waals surface area contributed by atoms with Gasteiger partial charge >= 0.3 is 0 Å². The fourth-order valence-corrected chi connectivity index (χ4v) is 2.25. The minimum atomic E-state index is 0.352. The molecule has 3 heteroatoms. The third kappa shape index (κ3) is 3.03. The summed E-state index contributed by atoms with van der Waals surface area (Å²) in [6, 6.07) is 6.43. The number of hydrogen-bond acceptors (Lipinski definition) is 3. The summed E-state index contributed by atoms with van der Waals surface area (Å²) in [6.45, 7) is 0.943. The number of nitrogens with one attached hydrogen (secondary N) is 1. The monoisotopic (exact) mass is 220 g/mol. The molecule has 0 aliphatic carbocycles. The molecule has 0 bridgehead atoms. The topological polar surface area (TPSA) is 34.1 Å². The van der Waals surface area contributed by atoms with Gasteiger partial charge in [-0.2, -0.15) is 0 Å². The van der Waals surface area contributed by atoms with E-state index in [-0.39, 0.29) is 0 Å². The smallest absolute Gasteiger partial charge is 0.0576 e. The number of nitrogens with zero attached hydrogens (tertiary/aromatic N) is 1. The van der Waals surface area contributed by atoms with Crippen LogP contribution < -0.4 is 5.32 Å². The number of hydrogen-bond donors (Lipinski definition) is 1. The number of ether oxygens (including phenoxy) is 1. The lowest BCUT2D eigenvalue weighted by atomic mass is 10.0. The average Bonchev–Trinajstić information content (AvgIpc) is 2.84. The Morgan fingerprint density at radius 2 is 2.50 bits per heavy atom. The molecular formula is C13H20N2O. The van der Waals surface area contributed by atoms with E-state index in [1.54, 1.807) is 0 Å². The van der Waals surface area contributed by atoms with Crippen molar-refractivity contribution in [1.82, 2.24) is 10.3 Å². The van der Waals surface area contributed by atoms with Crippen LogP contribution in [0.1, 0.15) is 37.4 Å². The highest BCUT2D eigenvalue weighted by Gasteiger charge is 2.18. The molecule has 0 aromatic carbocycles. The summed E-state index contributed by atoms with van der Waals surface area (Å²) in [5.74, 6) is 0. The van der Waals surface area contributed by atoms with Crippen molar-refractivity contribution in [3.05, 3.63) is 30.1 Å². The molecule has 88 valence electrons. The highest BCUT2D eigenvalue weighted by atomic mass is 16.5. The van der Waals surface area contributed by atoms with E-state index < -0.39 is 0 Å². The van der Waals surface area contributed by atoms with Gasteiger partial charge in [0.1, 0.15) is 0 Å². The summed E-state index contributed by atoms with van der Waals surface area (Å²) in [5.41, 5.74) is 1.13. The Kier molecular flexibility index (Phi) is 4.31. The van der Waals surface area contributed by atoms with Gasteiger partial charge in [0.2, 0.25) is 0 Å². The Bertz CT molecular complexity index is 296. The van der Waals surface area contributed by atoms with Crippen molar-refractivity contribution in [2.24, 2.45) is 0 Å². The van der Waals surface area contributed by atoms with Crippen molar-refractivity contribution in [3.63, 3.8) is 0 Å². The second-order valence-corrected chi connectivity index (χ2v) is 4.31. The van der Waals surface area contributed by atoms with Gasteiger partial charge in [0.25, 0.3) is 0 Å². The summed E-state index contributed by atoms with van der Waals surface area (Å²) in [4.78, 5) is 4.39. The van der Waals surface area contributed by atoms with Crippen molar-refractivity contribution in [3.8, 4) is 0 Å². The van der Waals surface area contributed by atoms with Gasteiger partial charge < -0.3 is 10.1 Å². The molecule has 1 aromatic rings. The minimum Gasteiger partial charge on any atom is -0.378 e. The Morgan fingerprint density at radius 3 is 3.12 bits per heavy atom. The molecule has 1 N–H and O–H groups in total. The predicted octanol–water partition coefficient (Wildman–Crippen LogP) is 2.30. The summed E-state index contributed by atoms with van der Waals surface area (Å²) < 4.78 is 5.64. The lowest BCUT2D eigenvalue weighted by molar-refractivity contribution is 0.0997. The Morgan fingerprint density at radius 1 is 1.56 bits per heavy atom. The molecule has 2 rings (SSSR count). The fraction of sp³-hybridized carbons (Fsp3) is 0.615. The van der Waals surface area contributed by atoms with E-state index in [0.29, 0.717) is 12.1 Å². The molecule has 2 unspecified atom stereocenters. The molecule has 1 saturated heterocycles. The zero-order chi connectivity index (χ0) is 11.2. The molecule has 16 heavy (non-hydrogen) atoms. The third-order valence-corrected chi connectivity index (χ3v) is 3.19. The number of pyridine rings is 1. The van der Waals surface area contributed by atoms with Crippen LogP contribution in [0.4, 0.5) is 0 Å². The van der Waals surface area contributed by atoms with Crippen molar-refractivity contribution < 1.29 is 4.74 Å². The van der Waals surface area contributed by atoms with E-state index in [9.17, 15) is 0 Å². The SMILES string of the molecule is CNC(CCC1CCCO1)c1ccccn1. The molecule has 0 amide bonds. The number of aromatic nitrogens is 1. The predicted molar refractivity (Wildman–Crippen MR) is 64.2 cm³/mol. The molecule has 1 aliphatic rings. The van der Waals surface area contributed by atoms with Gasteiger partial charge in [-0.3, -0.25) is 4.98 Å². The van der Waals surface area contributed by atoms with E-state index in [0.717, 1.165) is 25.1 Å². The second-order valence-electron chi connectivity index (χ2n) is 4.31. The molecule has 0 spiro atoms. The van der Waals surface area contributed by atoms with Crippen LogP contribution in [0.3, 0.4) is 0 Å². The maximum absolute atomic E-state index is 5.64. The fourth-order valence-electron chi connectivity index (χ4n) is 2.25. The zero-order valence-electron chi connectivity index (χ0n) is 9.86. The largest absolute Gasteiger partial charge is 0.378 e. The first-order valence-corrected chi connectivity index (χ1v) is 6.10. The maximum atomic E-state index is 5.64. The van der Waals surface area contributed by atoms with Gasteiger partial charge in [0.15, 0.2) is 0 Å². The lowest BCUT2D eigenvalue weighted by Gasteiger charge is -2.17. The van der Waals surface area contributed by atoms with E-state index in [4.69, 9.17) is 4.74 Å². The molecule has 1 aromatic heterocycles. The van der Waals surface area contributed by atoms with Crippen LogP contribution in [0.25, 0.3) is 0 Å². The van der Waals surface area contributed by atoms with Crippen molar-refractivity contribution in [2.45, 2.75) is 37.8 Å². The van der Waals surface area contributed by atoms with Gasteiger partial charge in [-0.1, -0.05) is 6.07 Å². The van der Waals surface area contributed by atoms with Crippen molar-refractivity contribution >= 4 is 0 Å². The Labute approximate surface area is 97.2 Å². The van der Waals surface area contributed by atoms with Gasteiger partial charge in [-0.25, -0.2) is 0 Å². The molecule has 2 heterocycles. The third-order valence-electron chi connectivity index (χ3n) is 3.19. The quantitative estimate of drug-likeness (QED) is 0.826. The van der Waals surface area contributed by atoms with Crippen molar-refractivity contribution in [2.75, 3.05) is 13.7 Å². The van der Waals surface area contributed by atoms with Crippen LogP contribution in [0, 0.1) is 0 Å². The Balaban J connectivity index is 1.85. The first kappa shape index (κ1) is 11.6. The van der Waals surface area contributed by atoms with E-state index >= 15 is 0 Å². The summed E-state index contributed by atoms with van der Waals surface area (Å²) >= 11 is 0. The zero-order valence-corrected chi connectivity index (χ0v) is 9.86. The van der Waals surface area contributed by atoms with Crippen LogP contribution in [0.5, 0.6) is 0 Å². The number of rotatable bonds is 5. The van der Waals surface area contributed by atoms with E-state index in [1.807, 2.05) is 25.4 Å². The standard InChI is InChI=1S/C13H20N2O/c1-14-12(13-6-2-3-9-15-13)8-7-11-5-4-10-16-11/h2-3,6,9,11-12,14H,4-5,7-8,10H2,1H3. The first-order valence-electron chi connectivity index (χ1n) is 6.10. The van der Waals surface area contributed by atoms with E-state index in [1.165, 1.54) is 12.8 Å². The maximum Gasteiger partial charge on any atom is 0.0576 e. The highest BCUT2D eigenvalue weighted by Crippen LogP contribution is 2.22. The molecule has 1 aliphatic heterocycles. The average molecular weight is 220 g/mol. The van der Waals surface area contributed by atoms with Crippen LogP contribution in [-0.2, 0) is 4.74 Å². The normalized spacial score (nSPS) is 22.2. The highest BCUT2D eigenvalue weighted by molar-refractivity contribution is 5.08. The van der Waals surface area contributed by atoms with Gasteiger partial charge in [-0.15, -0.1) is 0 Å².